The smallest absolute Gasteiger partial charge is 0.339 e. The van der Waals surface area contributed by atoms with Crippen LogP contribution in [0.4, 0.5) is 0 Å². The summed E-state index contributed by atoms with van der Waals surface area (Å²) in [4.78, 5) is 25.1. The Labute approximate surface area is 202 Å². The van der Waals surface area contributed by atoms with Crippen molar-refractivity contribution in [3.05, 3.63) is 35.4 Å². The largest absolute Gasteiger partial charge is 0.462 e. The lowest BCUT2D eigenvalue weighted by molar-refractivity contribution is 0.0399. The van der Waals surface area contributed by atoms with E-state index in [9.17, 15) is 9.59 Å². The van der Waals surface area contributed by atoms with Gasteiger partial charge in [0.25, 0.3) is 0 Å². The Kier molecular flexibility index (Phi) is 14.8. The molecule has 1 unspecified atom stereocenters. The van der Waals surface area contributed by atoms with Gasteiger partial charge in [-0.25, -0.2) is 9.59 Å². The van der Waals surface area contributed by atoms with Gasteiger partial charge in [-0.15, -0.1) is 0 Å². The Balaban J connectivity index is 2.29. The van der Waals surface area contributed by atoms with Gasteiger partial charge in [0.1, 0.15) is 0 Å². The van der Waals surface area contributed by atoms with Gasteiger partial charge >= 0.3 is 11.9 Å². The summed E-state index contributed by atoms with van der Waals surface area (Å²) >= 11 is 0. The summed E-state index contributed by atoms with van der Waals surface area (Å²) in [6, 6.07) is 6.77. The molecule has 1 aromatic carbocycles. The third-order valence-corrected chi connectivity index (χ3v) is 5.81. The maximum absolute atomic E-state index is 12.6. The highest BCUT2D eigenvalue weighted by Gasteiger charge is 2.21. The number of carbonyl (C=O) groups is 2. The number of unbranched alkanes of at least 4 members (excludes halogenated alkanes) is 10. The number of benzene rings is 1. The van der Waals surface area contributed by atoms with Crippen molar-refractivity contribution in [2.75, 3.05) is 13.2 Å². The fourth-order valence-corrected chi connectivity index (χ4v) is 4.25. The molecule has 0 saturated heterocycles. The Bertz CT molecular complexity index is 674. The SMILES string of the molecule is CCCCCCCCCCCCCOC(=O)c1ccccc1C(=O)OCC(C)CC(C)(C)C. The Morgan fingerprint density at radius 1 is 0.758 bits per heavy atom. The quantitative estimate of drug-likeness (QED) is 0.173. The molecule has 0 aliphatic rings. The second-order valence-corrected chi connectivity index (χ2v) is 10.7. The van der Waals surface area contributed by atoms with Gasteiger partial charge in [-0.2, -0.15) is 0 Å². The maximum Gasteiger partial charge on any atom is 0.339 e. The van der Waals surface area contributed by atoms with Gasteiger partial charge in [0, 0.05) is 0 Å². The Hall–Kier alpha value is -1.84. The first-order valence-electron chi connectivity index (χ1n) is 13.2. The second kappa shape index (κ2) is 16.7. The normalized spacial score (nSPS) is 12.4. The van der Waals surface area contributed by atoms with E-state index in [1.54, 1.807) is 24.3 Å². The molecule has 0 fully saturated rings. The molecule has 33 heavy (non-hydrogen) atoms. The van der Waals surface area contributed by atoms with Gasteiger partial charge in [-0.3, -0.25) is 0 Å². The minimum Gasteiger partial charge on any atom is -0.462 e. The number of hydrogen-bond acceptors (Lipinski definition) is 4. The number of ether oxygens (including phenoxy) is 2. The molecule has 0 aliphatic heterocycles. The molecule has 1 rings (SSSR count). The first kappa shape index (κ1) is 29.2. The molecule has 0 bridgehead atoms. The summed E-state index contributed by atoms with van der Waals surface area (Å²) in [6.45, 7) is 11.6. The highest BCUT2D eigenvalue weighted by Crippen LogP contribution is 2.24. The minimum atomic E-state index is -0.460. The summed E-state index contributed by atoms with van der Waals surface area (Å²) in [5.41, 5.74) is 0.750. The van der Waals surface area contributed by atoms with Crippen LogP contribution in [0.1, 0.15) is 132 Å². The summed E-state index contributed by atoms with van der Waals surface area (Å²) in [7, 11) is 0. The molecule has 0 amide bonds. The zero-order chi connectivity index (χ0) is 24.5. The third kappa shape index (κ3) is 14.1. The van der Waals surface area contributed by atoms with Crippen LogP contribution in [0.3, 0.4) is 0 Å². The summed E-state index contributed by atoms with van der Waals surface area (Å²) in [6.07, 6.45) is 14.7. The lowest BCUT2D eigenvalue weighted by atomic mass is 9.86. The molecule has 4 nitrogen and oxygen atoms in total. The highest BCUT2D eigenvalue weighted by molar-refractivity contribution is 6.03. The predicted octanol–water partition coefficient (Wildman–Crippen LogP) is 8.38. The molecule has 1 atom stereocenters. The Morgan fingerprint density at radius 2 is 1.21 bits per heavy atom. The molecule has 0 aromatic heterocycles. The van der Waals surface area contributed by atoms with E-state index >= 15 is 0 Å². The molecular weight excluding hydrogens is 412 g/mol. The molecule has 0 radical (unpaired) electrons. The van der Waals surface area contributed by atoms with E-state index in [4.69, 9.17) is 9.47 Å². The zero-order valence-electron chi connectivity index (χ0n) is 21.9. The van der Waals surface area contributed by atoms with E-state index in [1.807, 2.05) is 0 Å². The highest BCUT2D eigenvalue weighted by atomic mass is 16.5. The van der Waals surface area contributed by atoms with Crippen LogP contribution in [0.5, 0.6) is 0 Å². The lowest BCUT2D eigenvalue weighted by Gasteiger charge is -2.23. The van der Waals surface area contributed by atoms with Crippen LogP contribution in [0.15, 0.2) is 24.3 Å². The van der Waals surface area contributed by atoms with E-state index in [1.165, 1.54) is 57.8 Å². The van der Waals surface area contributed by atoms with Crippen molar-refractivity contribution >= 4 is 11.9 Å². The van der Waals surface area contributed by atoms with Crippen molar-refractivity contribution in [2.24, 2.45) is 11.3 Å². The van der Waals surface area contributed by atoms with Gasteiger partial charge < -0.3 is 9.47 Å². The van der Waals surface area contributed by atoms with E-state index in [0.29, 0.717) is 13.2 Å². The van der Waals surface area contributed by atoms with Crippen LogP contribution in [0.2, 0.25) is 0 Å². The predicted molar refractivity (Wildman–Crippen MR) is 137 cm³/mol. The molecule has 1 aromatic rings. The van der Waals surface area contributed by atoms with Crippen LogP contribution in [0.25, 0.3) is 0 Å². The number of rotatable bonds is 17. The fourth-order valence-electron chi connectivity index (χ4n) is 4.25. The van der Waals surface area contributed by atoms with Crippen molar-refractivity contribution in [1.29, 1.82) is 0 Å². The first-order valence-corrected chi connectivity index (χ1v) is 13.2. The second-order valence-electron chi connectivity index (χ2n) is 10.7. The van der Waals surface area contributed by atoms with Crippen molar-refractivity contribution in [3.8, 4) is 0 Å². The van der Waals surface area contributed by atoms with Gasteiger partial charge in [-0.1, -0.05) is 111 Å². The summed E-state index contributed by atoms with van der Waals surface area (Å²) in [5.74, 6) is -0.649. The maximum atomic E-state index is 12.6. The molecule has 0 heterocycles. The van der Waals surface area contributed by atoms with Crippen molar-refractivity contribution < 1.29 is 19.1 Å². The Morgan fingerprint density at radius 3 is 1.70 bits per heavy atom. The average Bonchev–Trinajstić information content (AvgIpc) is 2.77. The molecule has 0 spiro atoms. The summed E-state index contributed by atoms with van der Waals surface area (Å²) in [5, 5.41) is 0. The topological polar surface area (TPSA) is 52.6 Å². The first-order chi connectivity index (χ1) is 15.7. The molecule has 188 valence electrons. The van der Waals surface area contributed by atoms with Crippen molar-refractivity contribution in [2.45, 2.75) is 112 Å². The fraction of sp³-hybridized carbons (Fsp3) is 0.724. The minimum absolute atomic E-state index is 0.182. The molecule has 0 saturated carbocycles. The molecule has 0 aliphatic carbocycles. The van der Waals surface area contributed by atoms with Crippen molar-refractivity contribution in [3.63, 3.8) is 0 Å². The van der Waals surface area contributed by atoms with Gasteiger partial charge in [0.05, 0.1) is 24.3 Å². The van der Waals surface area contributed by atoms with Gasteiger partial charge in [-0.05, 0) is 36.3 Å². The van der Waals surface area contributed by atoms with Crippen LogP contribution in [-0.4, -0.2) is 25.2 Å². The standard InChI is InChI=1S/C29H48O4/c1-6-7-8-9-10-11-12-13-14-15-18-21-32-27(30)25-19-16-17-20-26(25)28(31)33-23-24(2)22-29(3,4)5/h16-17,19-20,24H,6-15,18,21-23H2,1-5H3. The van der Waals surface area contributed by atoms with Crippen LogP contribution >= 0.6 is 0 Å². The monoisotopic (exact) mass is 460 g/mol. The summed E-state index contributed by atoms with van der Waals surface area (Å²) < 4.78 is 10.9. The van der Waals surface area contributed by atoms with E-state index in [-0.39, 0.29) is 22.5 Å². The van der Waals surface area contributed by atoms with Gasteiger partial charge in [0.2, 0.25) is 0 Å². The number of esters is 2. The van der Waals surface area contributed by atoms with Crippen LogP contribution in [0, 0.1) is 11.3 Å². The third-order valence-electron chi connectivity index (χ3n) is 5.81. The lowest BCUT2D eigenvalue weighted by Crippen LogP contribution is -2.19. The molecular formula is C29H48O4. The molecule has 4 heteroatoms. The number of carbonyl (C=O) groups excluding carboxylic acids is 2. The van der Waals surface area contributed by atoms with E-state index < -0.39 is 11.9 Å². The van der Waals surface area contributed by atoms with Crippen LogP contribution < -0.4 is 0 Å². The molecule has 0 N–H and O–H groups in total. The van der Waals surface area contributed by atoms with E-state index in [2.05, 4.69) is 34.6 Å². The number of hydrogen-bond donors (Lipinski definition) is 0. The van der Waals surface area contributed by atoms with Crippen LogP contribution in [-0.2, 0) is 9.47 Å². The van der Waals surface area contributed by atoms with E-state index in [0.717, 1.165) is 19.3 Å². The van der Waals surface area contributed by atoms with Crippen molar-refractivity contribution in [1.82, 2.24) is 0 Å². The average molecular weight is 461 g/mol. The zero-order valence-corrected chi connectivity index (χ0v) is 21.9. The van der Waals surface area contributed by atoms with Gasteiger partial charge in [0.15, 0.2) is 0 Å².